The first-order valence-corrected chi connectivity index (χ1v) is 8.02. The largest absolute Gasteiger partial charge is 0.497 e. The van der Waals surface area contributed by atoms with Gasteiger partial charge in [-0.15, -0.1) is 10.2 Å². The van der Waals surface area contributed by atoms with Gasteiger partial charge in [-0.3, -0.25) is 5.43 Å². The highest BCUT2D eigenvalue weighted by Gasteiger charge is 2.19. The summed E-state index contributed by atoms with van der Waals surface area (Å²) in [6.07, 6.45) is 0. The molecule has 0 radical (unpaired) electrons. The quantitative estimate of drug-likeness (QED) is 0.798. The van der Waals surface area contributed by atoms with E-state index in [0.717, 1.165) is 33.6 Å². The lowest BCUT2D eigenvalue weighted by atomic mass is 10.2. The number of thioether (sulfide) groups is 1. The number of hydrogen-bond acceptors (Lipinski definition) is 5. The zero-order valence-corrected chi connectivity index (χ0v) is 13.2. The maximum absolute atomic E-state index is 5.21. The average molecular weight is 322 g/mol. The van der Waals surface area contributed by atoms with Gasteiger partial charge in [0.2, 0.25) is 5.16 Å². The average Bonchev–Trinajstić information content (AvgIpc) is 3.05. The van der Waals surface area contributed by atoms with Crippen molar-refractivity contribution in [1.29, 1.82) is 0 Å². The Bertz CT molecular complexity index is 856. The number of hydrogen-bond donors (Lipinski definition) is 1. The van der Waals surface area contributed by atoms with Gasteiger partial charge in [0.15, 0.2) is 5.82 Å². The Morgan fingerprint density at radius 3 is 2.48 bits per heavy atom. The summed E-state index contributed by atoms with van der Waals surface area (Å²) in [4.78, 5) is 0. The molecular formula is C17H14N4OS. The minimum atomic E-state index is 0.798. The van der Waals surface area contributed by atoms with Crippen molar-refractivity contribution in [2.24, 2.45) is 0 Å². The standard InChI is InChI=1S/C17H14N4OS/c1-22-14-9-7-12(8-10-14)15-11-23-17-19-18-16(21(17)20-15)13-5-3-2-4-6-13/h2-11,20H,1H3. The molecule has 0 unspecified atom stereocenters. The molecule has 1 aliphatic rings. The van der Waals surface area contributed by atoms with E-state index in [-0.39, 0.29) is 0 Å². The predicted octanol–water partition coefficient (Wildman–Crippen LogP) is 3.60. The fraction of sp³-hybridized carbons (Fsp3) is 0.0588. The first-order chi connectivity index (χ1) is 11.3. The van der Waals surface area contributed by atoms with Crippen LogP contribution in [0.3, 0.4) is 0 Å². The third-order valence-electron chi connectivity index (χ3n) is 3.58. The Kier molecular flexibility index (Phi) is 3.51. The molecule has 5 nitrogen and oxygen atoms in total. The Balaban J connectivity index is 1.67. The molecule has 0 saturated carbocycles. The van der Waals surface area contributed by atoms with Crippen LogP contribution in [0.2, 0.25) is 0 Å². The summed E-state index contributed by atoms with van der Waals surface area (Å²) in [7, 11) is 1.67. The van der Waals surface area contributed by atoms with E-state index in [0.29, 0.717) is 0 Å². The van der Waals surface area contributed by atoms with Crippen LogP contribution in [0.25, 0.3) is 17.1 Å². The third-order valence-corrected chi connectivity index (χ3v) is 4.41. The fourth-order valence-electron chi connectivity index (χ4n) is 2.38. The van der Waals surface area contributed by atoms with Crippen LogP contribution in [-0.2, 0) is 0 Å². The monoisotopic (exact) mass is 322 g/mol. The molecule has 2 aromatic carbocycles. The van der Waals surface area contributed by atoms with Crippen LogP contribution in [0.1, 0.15) is 5.56 Å². The highest BCUT2D eigenvalue weighted by molar-refractivity contribution is 8.02. The molecule has 1 aliphatic heterocycles. The topological polar surface area (TPSA) is 52.0 Å². The number of nitrogens with zero attached hydrogens (tertiary/aromatic N) is 3. The second-order valence-electron chi connectivity index (χ2n) is 5.00. The number of methoxy groups -OCH3 is 1. The lowest BCUT2D eigenvalue weighted by molar-refractivity contribution is 0.415. The fourth-order valence-corrected chi connectivity index (χ4v) is 3.12. The zero-order chi connectivity index (χ0) is 15.6. The second kappa shape index (κ2) is 5.81. The number of aromatic nitrogens is 3. The van der Waals surface area contributed by atoms with E-state index in [1.54, 1.807) is 18.9 Å². The number of benzene rings is 2. The lowest BCUT2D eigenvalue weighted by Gasteiger charge is -2.19. The SMILES string of the molecule is COc1ccc(C2=CSc3nnc(-c4ccccc4)n3N2)cc1. The molecule has 0 bridgehead atoms. The Hall–Kier alpha value is -2.73. The van der Waals surface area contributed by atoms with E-state index in [2.05, 4.69) is 15.6 Å². The van der Waals surface area contributed by atoms with E-state index in [1.165, 1.54) is 0 Å². The van der Waals surface area contributed by atoms with Crippen molar-refractivity contribution in [2.45, 2.75) is 5.16 Å². The minimum Gasteiger partial charge on any atom is -0.497 e. The maximum atomic E-state index is 5.21. The molecule has 0 amide bonds. The Morgan fingerprint density at radius 2 is 1.74 bits per heavy atom. The predicted molar refractivity (Wildman–Crippen MR) is 91.6 cm³/mol. The molecule has 1 aromatic heterocycles. The second-order valence-corrected chi connectivity index (χ2v) is 5.83. The van der Waals surface area contributed by atoms with E-state index in [9.17, 15) is 0 Å². The molecule has 114 valence electrons. The number of rotatable bonds is 3. The van der Waals surface area contributed by atoms with E-state index in [1.807, 2.05) is 64.7 Å². The van der Waals surface area contributed by atoms with Gasteiger partial charge in [0, 0.05) is 16.5 Å². The van der Waals surface area contributed by atoms with Gasteiger partial charge in [-0.1, -0.05) is 42.1 Å². The minimum absolute atomic E-state index is 0.798. The molecule has 0 fully saturated rings. The first kappa shape index (κ1) is 13.9. The third kappa shape index (κ3) is 2.57. The van der Waals surface area contributed by atoms with Crippen molar-refractivity contribution < 1.29 is 4.74 Å². The van der Waals surface area contributed by atoms with Crippen molar-refractivity contribution in [2.75, 3.05) is 12.5 Å². The van der Waals surface area contributed by atoms with Gasteiger partial charge in [-0.05, 0) is 24.3 Å². The van der Waals surface area contributed by atoms with Gasteiger partial charge < -0.3 is 4.74 Å². The molecule has 0 spiro atoms. The van der Waals surface area contributed by atoms with E-state index in [4.69, 9.17) is 4.74 Å². The van der Waals surface area contributed by atoms with Gasteiger partial charge in [0.1, 0.15) is 5.75 Å². The van der Waals surface area contributed by atoms with Crippen molar-refractivity contribution in [3.05, 3.63) is 65.6 Å². The van der Waals surface area contributed by atoms with Crippen LogP contribution in [0.4, 0.5) is 0 Å². The molecule has 2 heterocycles. The Labute approximate surface area is 138 Å². The van der Waals surface area contributed by atoms with E-state index >= 15 is 0 Å². The molecule has 6 heteroatoms. The van der Waals surface area contributed by atoms with Crippen LogP contribution >= 0.6 is 11.8 Å². The van der Waals surface area contributed by atoms with Crippen molar-refractivity contribution in [3.63, 3.8) is 0 Å². The van der Waals surface area contributed by atoms with Crippen molar-refractivity contribution in [3.8, 4) is 17.1 Å². The van der Waals surface area contributed by atoms with Crippen LogP contribution < -0.4 is 10.2 Å². The molecule has 4 rings (SSSR count). The molecule has 1 N–H and O–H groups in total. The number of ether oxygens (including phenoxy) is 1. The molecule has 0 aliphatic carbocycles. The Morgan fingerprint density at radius 1 is 0.957 bits per heavy atom. The van der Waals surface area contributed by atoms with Gasteiger partial charge in [-0.2, -0.15) is 0 Å². The maximum Gasteiger partial charge on any atom is 0.214 e. The summed E-state index contributed by atoms with van der Waals surface area (Å²) in [5.74, 6) is 1.64. The van der Waals surface area contributed by atoms with Gasteiger partial charge in [0.05, 0.1) is 12.8 Å². The van der Waals surface area contributed by atoms with Crippen LogP contribution in [-0.4, -0.2) is 22.0 Å². The molecule has 3 aromatic rings. The van der Waals surface area contributed by atoms with Gasteiger partial charge >= 0.3 is 0 Å². The summed E-state index contributed by atoms with van der Waals surface area (Å²) in [5.41, 5.74) is 6.49. The highest BCUT2D eigenvalue weighted by atomic mass is 32.2. The van der Waals surface area contributed by atoms with E-state index < -0.39 is 0 Å². The van der Waals surface area contributed by atoms with Crippen molar-refractivity contribution in [1.82, 2.24) is 14.9 Å². The van der Waals surface area contributed by atoms with Gasteiger partial charge in [0.25, 0.3) is 0 Å². The highest BCUT2D eigenvalue weighted by Crippen LogP contribution is 2.31. The summed E-state index contributed by atoms with van der Waals surface area (Å²) >= 11 is 1.55. The summed E-state index contributed by atoms with van der Waals surface area (Å²) < 4.78 is 7.12. The van der Waals surface area contributed by atoms with Crippen LogP contribution in [0.15, 0.2) is 65.2 Å². The summed E-state index contributed by atoms with van der Waals surface area (Å²) in [5, 5.41) is 11.4. The number of nitrogens with one attached hydrogen (secondary N) is 1. The smallest absolute Gasteiger partial charge is 0.214 e. The summed E-state index contributed by atoms with van der Waals surface area (Å²) in [6, 6.07) is 18.0. The number of fused-ring (bicyclic) bond motifs is 1. The normalized spacial score (nSPS) is 13.0. The van der Waals surface area contributed by atoms with Crippen LogP contribution in [0.5, 0.6) is 5.75 Å². The molecule has 23 heavy (non-hydrogen) atoms. The molecule has 0 saturated heterocycles. The molecular weight excluding hydrogens is 308 g/mol. The summed E-state index contributed by atoms with van der Waals surface area (Å²) in [6.45, 7) is 0. The van der Waals surface area contributed by atoms with Gasteiger partial charge in [-0.25, -0.2) is 4.68 Å². The van der Waals surface area contributed by atoms with Crippen molar-refractivity contribution >= 4 is 17.5 Å². The lowest BCUT2D eigenvalue weighted by Crippen LogP contribution is -2.18. The molecule has 0 atom stereocenters. The zero-order valence-electron chi connectivity index (χ0n) is 12.4. The van der Waals surface area contributed by atoms with Crippen LogP contribution in [0, 0.1) is 0 Å². The first-order valence-electron chi connectivity index (χ1n) is 7.14.